The Labute approximate surface area is 98.2 Å². The standard InChI is InChI=1S/C8H6BrN5O2/c1-14-12-7(11-13-14)5-2-4(8(15)16)3-6(9)10-5/h2-3H,1H3,(H,15,16). The molecule has 0 bridgehead atoms. The summed E-state index contributed by atoms with van der Waals surface area (Å²) >= 11 is 3.13. The van der Waals surface area contributed by atoms with Gasteiger partial charge in [0.05, 0.1) is 12.6 Å². The number of carboxylic acids is 1. The van der Waals surface area contributed by atoms with Gasteiger partial charge in [-0.1, -0.05) is 0 Å². The number of tetrazole rings is 1. The van der Waals surface area contributed by atoms with Gasteiger partial charge in [0.1, 0.15) is 10.3 Å². The number of rotatable bonds is 2. The molecule has 0 amide bonds. The lowest BCUT2D eigenvalue weighted by Gasteiger charge is -1.98. The molecule has 0 saturated carbocycles. The van der Waals surface area contributed by atoms with E-state index in [1.807, 2.05) is 0 Å². The van der Waals surface area contributed by atoms with Crippen molar-refractivity contribution in [3.8, 4) is 11.5 Å². The normalized spacial score (nSPS) is 10.4. The van der Waals surface area contributed by atoms with Crippen LogP contribution < -0.4 is 0 Å². The van der Waals surface area contributed by atoms with E-state index >= 15 is 0 Å². The topological polar surface area (TPSA) is 93.8 Å². The summed E-state index contributed by atoms with van der Waals surface area (Å²) in [5.74, 6) is -0.750. The minimum atomic E-state index is -1.03. The summed E-state index contributed by atoms with van der Waals surface area (Å²) in [7, 11) is 1.62. The molecule has 0 radical (unpaired) electrons. The highest BCUT2D eigenvalue weighted by atomic mass is 79.9. The Kier molecular flexibility index (Phi) is 2.65. The summed E-state index contributed by atoms with van der Waals surface area (Å²) in [6, 6.07) is 2.80. The van der Waals surface area contributed by atoms with Crippen LogP contribution in [-0.4, -0.2) is 36.3 Å². The predicted molar refractivity (Wildman–Crippen MR) is 56.7 cm³/mol. The molecule has 2 heterocycles. The van der Waals surface area contributed by atoms with Crippen molar-refractivity contribution in [3.63, 3.8) is 0 Å². The van der Waals surface area contributed by atoms with Crippen molar-refractivity contribution >= 4 is 21.9 Å². The third-order valence-corrected chi connectivity index (χ3v) is 2.18. The van der Waals surface area contributed by atoms with Gasteiger partial charge in [0, 0.05) is 0 Å². The number of hydrogen-bond donors (Lipinski definition) is 1. The molecule has 0 aliphatic rings. The number of pyridine rings is 1. The van der Waals surface area contributed by atoms with E-state index in [1.165, 1.54) is 16.9 Å². The fraction of sp³-hybridized carbons (Fsp3) is 0.125. The molecule has 82 valence electrons. The number of halogens is 1. The van der Waals surface area contributed by atoms with Crippen molar-refractivity contribution in [3.05, 3.63) is 22.3 Å². The fourth-order valence-corrected chi connectivity index (χ4v) is 1.56. The second kappa shape index (κ2) is 3.97. The van der Waals surface area contributed by atoms with E-state index in [-0.39, 0.29) is 11.4 Å². The van der Waals surface area contributed by atoms with Crippen LogP contribution >= 0.6 is 15.9 Å². The van der Waals surface area contributed by atoms with Crippen LogP contribution in [0.5, 0.6) is 0 Å². The van der Waals surface area contributed by atoms with E-state index in [4.69, 9.17) is 5.11 Å². The molecule has 2 aromatic heterocycles. The highest BCUT2D eigenvalue weighted by Crippen LogP contribution is 2.17. The van der Waals surface area contributed by atoms with Crippen molar-refractivity contribution in [1.29, 1.82) is 0 Å². The minimum absolute atomic E-state index is 0.115. The fourth-order valence-electron chi connectivity index (χ4n) is 1.12. The van der Waals surface area contributed by atoms with E-state index < -0.39 is 5.97 Å². The maximum atomic E-state index is 10.8. The van der Waals surface area contributed by atoms with Gasteiger partial charge in [-0.3, -0.25) is 0 Å². The van der Waals surface area contributed by atoms with E-state index in [2.05, 4.69) is 36.3 Å². The number of aromatic nitrogens is 5. The summed E-state index contributed by atoms with van der Waals surface area (Å²) in [5.41, 5.74) is 0.476. The largest absolute Gasteiger partial charge is 0.478 e. The van der Waals surface area contributed by atoms with Crippen molar-refractivity contribution in [1.82, 2.24) is 25.2 Å². The zero-order valence-electron chi connectivity index (χ0n) is 8.12. The van der Waals surface area contributed by atoms with Gasteiger partial charge >= 0.3 is 5.97 Å². The number of nitrogens with zero attached hydrogens (tertiary/aromatic N) is 5. The molecule has 0 saturated heterocycles. The van der Waals surface area contributed by atoms with Crippen LogP contribution in [-0.2, 0) is 7.05 Å². The summed E-state index contributed by atoms with van der Waals surface area (Å²) < 4.78 is 0.412. The van der Waals surface area contributed by atoms with Crippen molar-refractivity contribution in [2.75, 3.05) is 0 Å². The monoisotopic (exact) mass is 283 g/mol. The quantitative estimate of drug-likeness (QED) is 0.817. The van der Waals surface area contributed by atoms with Crippen LogP contribution in [0.2, 0.25) is 0 Å². The third-order valence-electron chi connectivity index (χ3n) is 1.78. The van der Waals surface area contributed by atoms with Crippen LogP contribution in [0.1, 0.15) is 10.4 Å². The minimum Gasteiger partial charge on any atom is -0.478 e. The first kappa shape index (κ1) is 10.7. The molecule has 2 rings (SSSR count). The first-order valence-electron chi connectivity index (χ1n) is 4.21. The summed E-state index contributed by atoms with van der Waals surface area (Å²) in [6.07, 6.45) is 0. The Bertz CT molecular complexity index is 553. The number of hydrogen-bond acceptors (Lipinski definition) is 5. The van der Waals surface area contributed by atoms with Crippen LogP contribution in [0.3, 0.4) is 0 Å². The third kappa shape index (κ3) is 2.06. The average molecular weight is 284 g/mol. The smallest absolute Gasteiger partial charge is 0.335 e. The number of carboxylic acid groups (broad SMARTS) is 1. The van der Waals surface area contributed by atoms with Gasteiger partial charge in [-0.15, -0.1) is 10.2 Å². The molecule has 0 aliphatic heterocycles. The molecule has 0 unspecified atom stereocenters. The molecular formula is C8H6BrN5O2. The van der Waals surface area contributed by atoms with Crippen LogP contribution in [0.25, 0.3) is 11.5 Å². The zero-order chi connectivity index (χ0) is 11.7. The first-order valence-corrected chi connectivity index (χ1v) is 5.01. The molecule has 8 heteroatoms. The number of aryl methyl sites for hydroxylation is 1. The summed E-state index contributed by atoms with van der Waals surface area (Å²) in [6.45, 7) is 0. The molecule has 0 aliphatic carbocycles. The Balaban J connectivity index is 2.53. The lowest BCUT2D eigenvalue weighted by atomic mass is 10.2. The molecule has 2 aromatic rings. The van der Waals surface area contributed by atoms with E-state index in [1.54, 1.807) is 7.05 Å². The van der Waals surface area contributed by atoms with Crippen molar-refractivity contribution in [2.45, 2.75) is 0 Å². The van der Waals surface area contributed by atoms with Crippen molar-refractivity contribution in [2.24, 2.45) is 7.05 Å². The lowest BCUT2D eigenvalue weighted by molar-refractivity contribution is 0.0696. The molecule has 1 N–H and O–H groups in total. The average Bonchev–Trinajstić information content (AvgIpc) is 2.64. The number of carbonyl (C=O) groups is 1. The Hall–Kier alpha value is -1.83. The molecular weight excluding hydrogens is 278 g/mol. The van der Waals surface area contributed by atoms with Gasteiger partial charge < -0.3 is 5.11 Å². The molecule has 0 fully saturated rings. The van der Waals surface area contributed by atoms with Gasteiger partial charge in [0.15, 0.2) is 0 Å². The molecule has 0 spiro atoms. The number of aromatic carboxylic acids is 1. The van der Waals surface area contributed by atoms with Gasteiger partial charge in [0.2, 0.25) is 5.82 Å². The van der Waals surface area contributed by atoms with Gasteiger partial charge in [-0.2, -0.15) is 4.80 Å². The maximum Gasteiger partial charge on any atom is 0.335 e. The van der Waals surface area contributed by atoms with Crippen LogP contribution in [0.4, 0.5) is 0 Å². The van der Waals surface area contributed by atoms with E-state index in [0.29, 0.717) is 10.3 Å². The SMILES string of the molecule is Cn1nnc(-c2cc(C(=O)O)cc(Br)n2)n1. The first-order chi connectivity index (χ1) is 7.56. The Morgan fingerprint density at radius 3 is 2.81 bits per heavy atom. The highest BCUT2D eigenvalue weighted by Gasteiger charge is 2.12. The van der Waals surface area contributed by atoms with Gasteiger partial charge in [0.25, 0.3) is 0 Å². The Morgan fingerprint density at radius 1 is 1.50 bits per heavy atom. The molecule has 0 aromatic carbocycles. The summed E-state index contributed by atoms with van der Waals surface area (Å²) in [5, 5.41) is 20.2. The van der Waals surface area contributed by atoms with Gasteiger partial charge in [-0.25, -0.2) is 9.78 Å². The molecule has 16 heavy (non-hydrogen) atoms. The van der Waals surface area contributed by atoms with E-state index in [0.717, 1.165) is 0 Å². The lowest BCUT2D eigenvalue weighted by Crippen LogP contribution is -1.99. The van der Waals surface area contributed by atoms with Crippen molar-refractivity contribution < 1.29 is 9.90 Å². The second-order valence-corrected chi connectivity index (χ2v) is 3.78. The second-order valence-electron chi connectivity index (χ2n) is 2.97. The van der Waals surface area contributed by atoms with Crippen LogP contribution in [0, 0.1) is 0 Å². The summed E-state index contributed by atoms with van der Waals surface area (Å²) in [4.78, 5) is 16.2. The van der Waals surface area contributed by atoms with Crippen LogP contribution in [0.15, 0.2) is 16.7 Å². The van der Waals surface area contributed by atoms with E-state index in [9.17, 15) is 4.79 Å². The maximum absolute atomic E-state index is 10.8. The van der Waals surface area contributed by atoms with Gasteiger partial charge in [-0.05, 0) is 33.3 Å². The molecule has 7 nitrogen and oxygen atoms in total. The predicted octanol–water partition coefficient (Wildman–Crippen LogP) is 0.733. The Morgan fingerprint density at radius 2 is 2.25 bits per heavy atom. The highest BCUT2D eigenvalue weighted by molar-refractivity contribution is 9.10. The molecule has 0 atom stereocenters. The zero-order valence-corrected chi connectivity index (χ0v) is 9.71.